The first-order chi connectivity index (χ1) is 15.2. The van der Waals surface area contributed by atoms with E-state index in [-0.39, 0.29) is 17.3 Å². The summed E-state index contributed by atoms with van der Waals surface area (Å²) in [7, 11) is -3.82. The summed E-state index contributed by atoms with van der Waals surface area (Å²) < 4.78 is 37.7. The van der Waals surface area contributed by atoms with Gasteiger partial charge in [-0.15, -0.1) is 0 Å². The second-order valence-electron chi connectivity index (χ2n) is 7.47. The molecule has 1 saturated heterocycles. The second kappa shape index (κ2) is 8.53. The van der Waals surface area contributed by atoms with Gasteiger partial charge in [0.1, 0.15) is 12.2 Å². The third-order valence-electron chi connectivity index (χ3n) is 5.32. The van der Waals surface area contributed by atoms with Gasteiger partial charge < -0.3 is 9.15 Å². The first-order valence-electron chi connectivity index (χ1n) is 9.81. The summed E-state index contributed by atoms with van der Waals surface area (Å²) in [6.07, 6.45) is 1.51. The van der Waals surface area contributed by atoms with Crippen molar-refractivity contribution in [3.8, 4) is 5.75 Å². The number of sulfonamides is 1. The van der Waals surface area contributed by atoms with Crippen molar-refractivity contribution >= 4 is 38.3 Å². The maximum Gasteiger partial charge on any atom is 0.336 e. The van der Waals surface area contributed by atoms with Gasteiger partial charge in [0.05, 0.1) is 9.82 Å². The number of nitro benzene ring substituents is 1. The molecular weight excluding hydrogens is 460 g/mol. The molecule has 0 atom stereocenters. The van der Waals surface area contributed by atoms with E-state index in [0.29, 0.717) is 34.6 Å². The first kappa shape index (κ1) is 22.3. The van der Waals surface area contributed by atoms with Crippen molar-refractivity contribution in [2.45, 2.75) is 31.3 Å². The molecule has 0 unspecified atom stereocenters. The molecule has 0 spiro atoms. The third kappa shape index (κ3) is 4.21. The number of nitro groups is 1. The summed E-state index contributed by atoms with van der Waals surface area (Å²) in [5, 5.41) is 12.6. The van der Waals surface area contributed by atoms with Crippen LogP contribution in [0.15, 0.2) is 50.5 Å². The molecule has 0 amide bonds. The van der Waals surface area contributed by atoms with Crippen molar-refractivity contribution < 1.29 is 22.5 Å². The summed E-state index contributed by atoms with van der Waals surface area (Å²) in [6, 6.07) is 8.03. The van der Waals surface area contributed by atoms with Crippen molar-refractivity contribution in [1.29, 1.82) is 0 Å². The Bertz CT molecular complexity index is 1380. The maximum absolute atomic E-state index is 12.7. The number of ether oxygens (including phenoxy) is 1. The zero-order valence-corrected chi connectivity index (χ0v) is 18.6. The molecule has 1 aromatic heterocycles. The van der Waals surface area contributed by atoms with Gasteiger partial charge in [-0.3, -0.25) is 10.1 Å². The van der Waals surface area contributed by atoms with Crippen LogP contribution in [0.2, 0.25) is 5.02 Å². The molecule has 11 heteroatoms. The lowest BCUT2D eigenvalue weighted by Crippen LogP contribution is -2.27. The molecular formula is C21H19ClN2O7S. The number of aryl methyl sites for hydroxylation is 1. The van der Waals surface area contributed by atoms with Crippen LogP contribution < -0.4 is 10.4 Å². The Balaban J connectivity index is 1.67. The lowest BCUT2D eigenvalue weighted by molar-refractivity contribution is -0.386. The van der Waals surface area contributed by atoms with Gasteiger partial charge in [0.25, 0.3) is 0 Å². The Morgan fingerprint density at radius 3 is 2.59 bits per heavy atom. The minimum atomic E-state index is -3.82. The highest BCUT2D eigenvalue weighted by atomic mass is 35.5. The zero-order chi connectivity index (χ0) is 23.0. The highest BCUT2D eigenvalue weighted by Gasteiger charge is 2.30. The smallest absolute Gasteiger partial charge is 0.336 e. The molecule has 1 fully saturated rings. The van der Waals surface area contributed by atoms with E-state index in [1.165, 1.54) is 22.5 Å². The van der Waals surface area contributed by atoms with Crippen LogP contribution in [-0.4, -0.2) is 30.7 Å². The van der Waals surface area contributed by atoms with Crippen LogP contribution in [0, 0.1) is 17.0 Å². The quantitative estimate of drug-likeness (QED) is 0.298. The molecule has 1 aliphatic rings. The number of nitrogens with zero attached hydrogens (tertiary/aromatic N) is 2. The maximum atomic E-state index is 12.7. The van der Waals surface area contributed by atoms with Crippen LogP contribution in [0.5, 0.6) is 5.75 Å². The van der Waals surface area contributed by atoms with Crippen molar-refractivity contribution in [3.05, 3.63) is 73.1 Å². The molecule has 0 N–H and O–H groups in total. The van der Waals surface area contributed by atoms with Crippen LogP contribution in [0.25, 0.3) is 11.0 Å². The van der Waals surface area contributed by atoms with E-state index in [4.69, 9.17) is 20.8 Å². The van der Waals surface area contributed by atoms with E-state index in [0.717, 1.165) is 24.5 Å². The van der Waals surface area contributed by atoms with Gasteiger partial charge in [-0.05, 0) is 49.6 Å². The first-order valence-corrected chi connectivity index (χ1v) is 11.6. The summed E-state index contributed by atoms with van der Waals surface area (Å²) >= 11 is 6.19. The monoisotopic (exact) mass is 478 g/mol. The molecule has 0 saturated carbocycles. The summed E-state index contributed by atoms with van der Waals surface area (Å²) in [6.45, 7) is 2.37. The van der Waals surface area contributed by atoms with E-state index >= 15 is 0 Å². The highest BCUT2D eigenvalue weighted by molar-refractivity contribution is 7.89. The number of hydrogen-bond acceptors (Lipinski definition) is 7. The molecule has 3 aromatic rings. The van der Waals surface area contributed by atoms with Crippen LogP contribution >= 0.6 is 11.6 Å². The Hall–Kier alpha value is -2.95. The van der Waals surface area contributed by atoms with Gasteiger partial charge >= 0.3 is 11.3 Å². The van der Waals surface area contributed by atoms with E-state index < -0.39 is 26.3 Å². The SMILES string of the molecule is Cc1cc2oc(=O)cc(COc3ccc(S(=O)(=O)N4CCCC4)cc3[N+](=O)[O-])c2cc1Cl. The normalized spacial score (nSPS) is 14.7. The topological polar surface area (TPSA) is 120 Å². The Morgan fingerprint density at radius 1 is 1.19 bits per heavy atom. The van der Waals surface area contributed by atoms with Crippen molar-refractivity contribution in [2.75, 3.05) is 13.1 Å². The summed E-state index contributed by atoms with van der Waals surface area (Å²) in [5.74, 6) is -0.116. The van der Waals surface area contributed by atoms with Gasteiger partial charge in [-0.1, -0.05) is 11.6 Å². The lowest BCUT2D eigenvalue weighted by Gasteiger charge is -2.16. The van der Waals surface area contributed by atoms with Gasteiger partial charge in [0.15, 0.2) is 5.75 Å². The zero-order valence-electron chi connectivity index (χ0n) is 17.0. The molecule has 0 aliphatic carbocycles. The number of rotatable bonds is 6. The standard InChI is InChI=1S/C21H19ClN2O7S/c1-13-8-20-16(11-17(13)22)14(9-21(25)31-20)12-30-19-5-4-15(10-18(19)24(26)27)32(28,29)23-6-2-3-7-23/h4-5,8-11H,2-3,6-7,12H2,1H3. The van der Waals surface area contributed by atoms with E-state index in [1.54, 1.807) is 19.1 Å². The van der Waals surface area contributed by atoms with Gasteiger partial charge in [0.2, 0.25) is 10.0 Å². The fraction of sp³-hybridized carbons (Fsp3) is 0.286. The van der Waals surface area contributed by atoms with Crippen molar-refractivity contribution in [3.63, 3.8) is 0 Å². The Labute approximate surface area is 188 Å². The molecule has 168 valence electrons. The number of benzene rings is 2. The van der Waals surface area contributed by atoms with Crippen molar-refractivity contribution in [2.24, 2.45) is 0 Å². The van der Waals surface area contributed by atoms with Gasteiger partial charge in [0, 0.05) is 41.2 Å². The van der Waals surface area contributed by atoms with Crippen LogP contribution in [-0.2, 0) is 16.6 Å². The fourth-order valence-electron chi connectivity index (χ4n) is 3.62. The van der Waals surface area contributed by atoms with E-state index in [9.17, 15) is 23.3 Å². The molecule has 2 heterocycles. The summed E-state index contributed by atoms with van der Waals surface area (Å²) in [5.41, 5.74) is 0.400. The minimum absolute atomic E-state index is 0.116. The predicted molar refractivity (Wildman–Crippen MR) is 118 cm³/mol. The average molecular weight is 479 g/mol. The van der Waals surface area contributed by atoms with Crippen LogP contribution in [0.3, 0.4) is 0 Å². The molecule has 4 rings (SSSR count). The minimum Gasteiger partial charge on any atom is -0.482 e. The Kier molecular flexibility index (Phi) is 5.93. The van der Waals surface area contributed by atoms with E-state index in [2.05, 4.69) is 0 Å². The van der Waals surface area contributed by atoms with Crippen molar-refractivity contribution in [1.82, 2.24) is 4.31 Å². The van der Waals surface area contributed by atoms with Crippen LogP contribution in [0.4, 0.5) is 5.69 Å². The second-order valence-corrected chi connectivity index (χ2v) is 9.82. The lowest BCUT2D eigenvalue weighted by atomic mass is 10.1. The highest BCUT2D eigenvalue weighted by Crippen LogP contribution is 2.33. The molecule has 32 heavy (non-hydrogen) atoms. The third-order valence-corrected chi connectivity index (χ3v) is 7.62. The Morgan fingerprint density at radius 2 is 1.91 bits per heavy atom. The average Bonchev–Trinajstić information content (AvgIpc) is 3.29. The van der Waals surface area contributed by atoms with E-state index in [1.807, 2.05) is 0 Å². The molecule has 1 aliphatic heterocycles. The molecule has 9 nitrogen and oxygen atoms in total. The largest absolute Gasteiger partial charge is 0.482 e. The van der Waals surface area contributed by atoms with Crippen LogP contribution in [0.1, 0.15) is 24.0 Å². The van der Waals surface area contributed by atoms with Gasteiger partial charge in [-0.2, -0.15) is 4.31 Å². The van der Waals surface area contributed by atoms with Gasteiger partial charge in [-0.25, -0.2) is 13.2 Å². The predicted octanol–water partition coefficient (Wildman–Crippen LogP) is 4.03. The molecule has 2 aromatic carbocycles. The molecule has 0 radical (unpaired) electrons. The fourth-order valence-corrected chi connectivity index (χ4v) is 5.32. The molecule has 0 bridgehead atoms. The number of hydrogen-bond donors (Lipinski definition) is 0. The number of fused-ring (bicyclic) bond motifs is 1. The summed E-state index contributed by atoms with van der Waals surface area (Å²) in [4.78, 5) is 22.7. The number of halogens is 1.